The Hall–Kier alpha value is -1.64. The molecule has 23 heavy (non-hydrogen) atoms. The van der Waals surface area contributed by atoms with Crippen molar-refractivity contribution in [1.82, 2.24) is 0 Å². The van der Waals surface area contributed by atoms with E-state index in [2.05, 4.69) is 10.0 Å². The van der Waals surface area contributed by atoms with Crippen LogP contribution in [0.2, 0.25) is 0 Å². The molecule has 1 aromatic carbocycles. The molecule has 1 atom stereocenters. The number of anilines is 2. The Bertz CT molecular complexity index is 631. The van der Waals surface area contributed by atoms with Crippen LogP contribution in [0.3, 0.4) is 0 Å². The molecule has 0 aliphatic heterocycles. The maximum Gasteiger partial charge on any atom is 0.253 e. The number of sulfonamides is 1. The van der Waals surface area contributed by atoms with Crippen LogP contribution in [0.4, 0.5) is 11.4 Å². The fraction of sp³-hybridized carbons (Fsp3) is 0.533. The second-order valence-corrected chi connectivity index (χ2v) is 6.87. The van der Waals surface area contributed by atoms with Gasteiger partial charge in [-0.05, 0) is 38.5 Å². The van der Waals surface area contributed by atoms with E-state index in [4.69, 9.17) is 9.47 Å². The van der Waals surface area contributed by atoms with Gasteiger partial charge in [-0.3, -0.25) is 9.52 Å². The van der Waals surface area contributed by atoms with Crippen LogP contribution in [0.1, 0.15) is 19.4 Å². The van der Waals surface area contributed by atoms with Gasteiger partial charge in [0.15, 0.2) is 0 Å². The lowest BCUT2D eigenvalue weighted by Crippen LogP contribution is -2.29. The smallest absolute Gasteiger partial charge is 0.253 e. The first-order chi connectivity index (χ1) is 10.7. The molecule has 130 valence electrons. The average Bonchev–Trinajstić information content (AvgIpc) is 2.45. The van der Waals surface area contributed by atoms with Gasteiger partial charge in [0, 0.05) is 6.61 Å². The number of ether oxygens (including phenoxy) is 2. The number of nitrogens with one attached hydrogen (secondary N) is 2. The summed E-state index contributed by atoms with van der Waals surface area (Å²) < 4.78 is 35.7. The van der Waals surface area contributed by atoms with E-state index in [1.54, 1.807) is 25.1 Å². The van der Waals surface area contributed by atoms with E-state index in [0.717, 1.165) is 11.8 Å². The molecule has 1 aromatic rings. The molecule has 0 aromatic heterocycles. The van der Waals surface area contributed by atoms with Crippen LogP contribution >= 0.6 is 0 Å². The molecule has 8 heteroatoms. The number of aryl methyl sites for hydroxylation is 1. The van der Waals surface area contributed by atoms with E-state index in [9.17, 15) is 13.2 Å². The van der Waals surface area contributed by atoms with E-state index >= 15 is 0 Å². The van der Waals surface area contributed by atoms with Crippen molar-refractivity contribution in [3.05, 3.63) is 23.8 Å². The van der Waals surface area contributed by atoms with Crippen LogP contribution in [-0.2, 0) is 24.3 Å². The minimum absolute atomic E-state index is 0.310. The predicted octanol–water partition coefficient (Wildman–Crippen LogP) is 1.75. The first-order valence-corrected chi connectivity index (χ1v) is 9.20. The highest BCUT2D eigenvalue weighted by Gasteiger charge is 2.16. The molecule has 1 rings (SSSR count). The third-order valence-electron chi connectivity index (χ3n) is 2.90. The molecule has 0 saturated heterocycles. The van der Waals surface area contributed by atoms with Gasteiger partial charge in [-0.2, -0.15) is 0 Å². The number of hydrogen-bond donors (Lipinski definition) is 2. The van der Waals surface area contributed by atoms with E-state index in [1.165, 1.54) is 0 Å². The summed E-state index contributed by atoms with van der Waals surface area (Å²) in [6.07, 6.45) is 0.375. The van der Waals surface area contributed by atoms with Crippen molar-refractivity contribution >= 4 is 27.3 Å². The molecule has 0 aliphatic carbocycles. The molecule has 1 amide bonds. The van der Waals surface area contributed by atoms with E-state index in [-0.39, 0.29) is 5.91 Å². The summed E-state index contributed by atoms with van der Waals surface area (Å²) in [5.74, 6) is -0.358. The summed E-state index contributed by atoms with van der Waals surface area (Å²) in [5, 5.41) is 2.68. The Morgan fingerprint density at radius 2 is 1.96 bits per heavy atom. The Morgan fingerprint density at radius 1 is 1.26 bits per heavy atom. The Balaban J connectivity index is 2.74. The van der Waals surface area contributed by atoms with Gasteiger partial charge in [0.2, 0.25) is 10.0 Å². The Morgan fingerprint density at radius 3 is 2.57 bits per heavy atom. The van der Waals surface area contributed by atoms with Crippen molar-refractivity contribution < 1.29 is 22.7 Å². The zero-order valence-corrected chi connectivity index (χ0v) is 14.7. The summed E-state index contributed by atoms with van der Waals surface area (Å²) in [5.41, 5.74) is 1.60. The number of benzene rings is 1. The van der Waals surface area contributed by atoms with Gasteiger partial charge in [0.05, 0.1) is 30.8 Å². The fourth-order valence-electron chi connectivity index (χ4n) is 1.79. The molecule has 0 fully saturated rings. The Labute approximate surface area is 137 Å². The summed E-state index contributed by atoms with van der Waals surface area (Å²) in [4.78, 5) is 12.2. The number of carbonyl (C=O) groups excluding carboxylic acids is 1. The molecule has 0 heterocycles. The summed E-state index contributed by atoms with van der Waals surface area (Å²) in [6, 6.07) is 5.05. The lowest BCUT2D eigenvalue weighted by atomic mass is 10.2. The topological polar surface area (TPSA) is 93.7 Å². The molecular formula is C15H24N2O5S. The fourth-order valence-corrected chi connectivity index (χ4v) is 2.37. The number of amides is 1. The van der Waals surface area contributed by atoms with Crippen LogP contribution in [0.25, 0.3) is 0 Å². The summed E-state index contributed by atoms with van der Waals surface area (Å²) in [7, 11) is -3.44. The van der Waals surface area contributed by atoms with Crippen LogP contribution in [-0.4, -0.2) is 46.5 Å². The maximum atomic E-state index is 12.2. The van der Waals surface area contributed by atoms with Gasteiger partial charge in [-0.15, -0.1) is 0 Å². The SMILES string of the molecule is CCOCCOC(C)C(=O)Nc1cc(C)ccc1NS(C)(=O)=O. The van der Waals surface area contributed by atoms with E-state index in [0.29, 0.717) is 31.2 Å². The van der Waals surface area contributed by atoms with E-state index < -0.39 is 16.1 Å². The van der Waals surface area contributed by atoms with Gasteiger partial charge in [-0.1, -0.05) is 6.07 Å². The quantitative estimate of drug-likeness (QED) is 0.666. The molecule has 1 unspecified atom stereocenters. The van der Waals surface area contributed by atoms with Crippen molar-refractivity contribution in [3.63, 3.8) is 0 Å². The molecule has 0 spiro atoms. The minimum Gasteiger partial charge on any atom is -0.379 e. The highest BCUT2D eigenvalue weighted by Crippen LogP contribution is 2.24. The first kappa shape index (κ1) is 19.4. The zero-order chi connectivity index (χ0) is 17.5. The highest BCUT2D eigenvalue weighted by molar-refractivity contribution is 7.92. The van der Waals surface area contributed by atoms with E-state index in [1.807, 2.05) is 13.8 Å². The third-order valence-corrected chi connectivity index (χ3v) is 3.49. The lowest BCUT2D eigenvalue weighted by molar-refractivity contribution is -0.127. The van der Waals surface area contributed by atoms with Crippen molar-refractivity contribution in [2.75, 3.05) is 36.1 Å². The average molecular weight is 344 g/mol. The van der Waals surface area contributed by atoms with Crippen molar-refractivity contribution in [2.24, 2.45) is 0 Å². The van der Waals surface area contributed by atoms with Gasteiger partial charge in [0.1, 0.15) is 6.10 Å². The highest BCUT2D eigenvalue weighted by atomic mass is 32.2. The van der Waals surface area contributed by atoms with Crippen LogP contribution in [0.15, 0.2) is 18.2 Å². The summed E-state index contributed by atoms with van der Waals surface area (Å²) in [6.45, 7) is 6.67. The number of hydrogen-bond acceptors (Lipinski definition) is 5. The van der Waals surface area contributed by atoms with Crippen LogP contribution in [0.5, 0.6) is 0 Å². The maximum absolute atomic E-state index is 12.2. The largest absolute Gasteiger partial charge is 0.379 e. The minimum atomic E-state index is -3.44. The number of carbonyl (C=O) groups is 1. The lowest BCUT2D eigenvalue weighted by Gasteiger charge is -2.16. The molecule has 0 radical (unpaired) electrons. The Kier molecular flexibility index (Phi) is 7.47. The standard InChI is InChI=1S/C15H24N2O5S/c1-5-21-8-9-22-12(3)15(18)16-14-10-11(2)6-7-13(14)17-23(4,19)20/h6-7,10,12,17H,5,8-9H2,1-4H3,(H,16,18). The molecule has 2 N–H and O–H groups in total. The molecule has 0 saturated carbocycles. The molecule has 7 nitrogen and oxygen atoms in total. The second-order valence-electron chi connectivity index (χ2n) is 5.12. The number of rotatable bonds is 9. The van der Waals surface area contributed by atoms with Crippen LogP contribution in [0, 0.1) is 6.92 Å². The van der Waals surface area contributed by atoms with Gasteiger partial charge >= 0.3 is 0 Å². The molecule has 0 aliphatic rings. The third kappa shape index (κ3) is 7.45. The van der Waals surface area contributed by atoms with Gasteiger partial charge in [-0.25, -0.2) is 8.42 Å². The second kappa shape index (κ2) is 8.85. The monoisotopic (exact) mass is 344 g/mol. The summed E-state index contributed by atoms with van der Waals surface area (Å²) >= 11 is 0. The molecular weight excluding hydrogens is 320 g/mol. The van der Waals surface area contributed by atoms with Gasteiger partial charge < -0.3 is 14.8 Å². The first-order valence-electron chi connectivity index (χ1n) is 7.31. The van der Waals surface area contributed by atoms with Crippen molar-refractivity contribution in [2.45, 2.75) is 26.9 Å². The van der Waals surface area contributed by atoms with Crippen molar-refractivity contribution in [1.29, 1.82) is 0 Å². The zero-order valence-electron chi connectivity index (χ0n) is 13.9. The predicted molar refractivity (Wildman–Crippen MR) is 90.2 cm³/mol. The normalized spacial score (nSPS) is 12.7. The molecule has 0 bridgehead atoms. The van der Waals surface area contributed by atoms with Gasteiger partial charge in [0.25, 0.3) is 5.91 Å². The van der Waals surface area contributed by atoms with Crippen LogP contribution < -0.4 is 10.0 Å². The van der Waals surface area contributed by atoms with Crippen molar-refractivity contribution in [3.8, 4) is 0 Å².